The molecule has 0 fully saturated rings. The van der Waals surface area contributed by atoms with E-state index in [4.69, 9.17) is 13.1 Å². The lowest BCUT2D eigenvalue weighted by Crippen LogP contribution is -2.02. The number of hydrogen-bond acceptors (Lipinski definition) is 0. The van der Waals surface area contributed by atoms with Gasteiger partial charge in [-0.3, -0.25) is 0 Å². The van der Waals surface area contributed by atoms with Gasteiger partial charge in [0, 0.05) is 54.8 Å². The third-order valence-corrected chi connectivity index (χ3v) is 13.5. The lowest BCUT2D eigenvalue weighted by atomic mass is 9.89. The van der Waals surface area contributed by atoms with Gasteiger partial charge < -0.3 is 13.7 Å². The Morgan fingerprint density at radius 2 is 0.791 bits per heavy atom. The maximum absolute atomic E-state index is 8.26. The molecule has 3 heterocycles. The van der Waals surface area contributed by atoms with Gasteiger partial charge in [0.25, 0.3) is 0 Å². The number of hydrogen-bond donors (Lipinski definition) is 0. The van der Waals surface area contributed by atoms with Crippen molar-refractivity contribution in [3.63, 3.8) is 0 Å². The Balaban J connectivity index is 1.25. The predicted molar refractivity (Wildman–Crippen MR) is 278 cm³/mol. The van der Waals surface area contributed by atoms with E-state index in [-0.39, 0.29) is 0 Å². The van der Waals surface area contributed by atoms with Crippen molar-refractivity contribution in [1.29, 1.82) is 0 Å². The number of rotatable bonds is 6. The molecule has 0 unspecified atom stereocenters. The van der Waals surface area contributed by atoms with Gasteiger partial charge in [-0.15, -0.1) is 0 Å². The van der Waals surface area contributed by atoms with Crippen molar-refractivity contribution in [2.75, 3.05) is 0 Å². The van der Waals surface area contributed by atoms with Crippen molar-refractivity contribution in [2.45, 2.75) is 0 Å². The third kappa shape index (κ3) is 5.73. The van der Waals surface area contributed by atoms with Crippen molar-refractivity contribution in [2.24, 2.45) is 0 Å². The summed E-state index contributed by atoms with van der Waals surface area (Å²) >= 11 is 0. The zero-order valence-electron chi connectivity index (χ0n) is 36.1. The lowest BCUT2D eigenvalue weighted by molar-refractivity contribution is 1.17. The second kappa shape index (κ2) is 15.1. The fourth-order valence-electron chi connectivity index (χ4n) is 10.7. The van der Waals surface area contributed by atoms with Gasteiger partial charge in [-0.2, -0.15) is 0 Å². The number of benzene rings is 10. The normalized spacial score (nSPS) is 11.6. The first-order valence-electron chi connectivity index (χ1n) is 22.4. The van der Waals surface area contributed by atoms with Crippen LogP contribution in [0.4, 0.5) is 11.4 Å². The van der Waals surface area contributed by atoms with Crippen LogP contribution in [0.5, 0.6) is 0 Å². The van der Waals surface area contributed by atoms with E-state index in [1.807, 2.05) is 12.1 Å². The maximum atomic E-state index is 8.26. The molecule has 10 aromatic carbocycles. The first-order chi connectivity index (χ1) is 33.2. The van der Waals surface area contributed by atoms with Crippen molar-refractivity contribution >= 4 is 76.8 Å². The summed E-state index contributed by atoms with van der Waals surface area (Å²) in [6.45, 7) is 16.5. The SMILES string of the molecule is [C-]#[N+]c1cccc([N+]#[C-])c1-c1cc(-c2ccccc2)c(-n2c3ccc(-n4c5ccccc5c5ccccc54)cc3c3ccc4c(c5ccccc5n4-c4ccccc4)c32)c(-c2ccccc2)c1. The van der Waals surface area contributed by atoms with Gasteiger partial charge in [-0.25, -0.2) is 9.69 Å². The van der Waals surface area contributed by atoms with Crippen LogP contribution in [0.2, 0.25) is 0 Å². The van der Waals surface area contributed by atoms with Gasteiger partial charge in [0.05, 0.1) is 51.9 Å². The van der Waals surface area contributed by atoms with E-state index < -0.39 is 0 Å². The molecule has 0 aliphatic rings. The van der Waals surface area contributed by atoms with E-state index in [9.17, 15) is 0 Å². The first-order valence-corrected chi connectivity index (χ1v) is 22.4. The first kappa shape index (κ1) is 38.1. The second-order valence-corrected chi connectivity index (χ2v) is 17.0. The molecule has 13 rings (SSSR count). The standard InChI is InChI=1S/C62H37N5/c1-63-52-28-18-29-53(64-2)59(52)42-37-49(40-19-6-3-7-20-40)61(50(38-42)41-21-8-4-9-22-41)67-57-35-33-44(66-54-30-15-12-25-45(54)46-26-13-16-31-55(46)66)39-51(57)47-34-36-58-60(62(47)67)48-27-14-17-32-56(48)65(58)43-23-10-5-11-24-43/h3-39H. The highest BCUT2D eigenvalue weighted by atomic mass is 15.0. The Morgan fingerprint density at radius 3 is 1.37 bits per heavy atom. The fourth-order valence-corrected chi connectivity index (χ4v) is 10.7. The largest absolute Gasteiger partial charge is 0.309 e. The van der Waals surface area contributed by atoms with E-state index in [0.29, 0.717) is 16.9 Å². The molecule has 0 amide bonds. The highest BCUT2D eigenvalue weighted by Crippen LogP contribution is 2.49. The Hall–Kier alpha value is -9.42. The Kier molecular flexibility index (Phi) is 8.58. The molecular weight excluding hydrogens is 815 g/mol. The van der Waals surface area contributed by atoms with Gasteiger partial charge in [-0.05, 0) is 89.0 Å². The van der Waals surface area contributed by atoms with Crippen LogP contribution in [0, 0.1) is 13.1 Å². The summed E-state index contributed by atoms with van der Waals surface area (Å²) in [6, 6.07) is 79.3. The smallest absolute Gasteiger partial charge is 0.184 e. The van der Waals surface area contributed by atoms with Crippen molar-refractivity contribution in [3.8, 4) is 50.4 Å². The quantitative estimate of drug-likeness (QED) is 0.149. The molecule has 0 aliphatic carbocycles. The van der Waals surface area contributed by atoms with Gasteiger partial charge in [0.2, 0.25) is 0 Å². The third-order valence-electron chi connectivity index (χ3n) is 13.5. The second-order valence-electron chi connectivity index (χ2n) is 17.0. The van der Waals surface area contributed by atoms with E-state index in [1.165, 1.54) is 10.8 Å². The average Bonchev–Trinajstić information content (AvgIpc) is 4.04. The van der Waals surface area contributed by atoms with E-state index in [2.05, 4.69) is 230 Å². The van der Waals surface area contributed by atoms with Crippen LogP contribution in [0.3, 0.4) is 0 Å². The van der Waals surface area contributed by atoms with E-state index in [0.717, 1.165) is 99.5 Å². The molecule has 3 aromatic heterocycles. The topological polar surface area (TPSA) is 23.5 Å². The van der Waals surface area contributed by atoms with Crippen molar-refractivity contribution in [1.82, 2.24) is 13.7 Å². The summed E-state index contributed by atoms with van der Waals surface area (Å²) in [6.07, 6.45) is 0. The summed E-state index contributed by atoms with van der Waals surface area (Å²) in [5, 5.41) is 7.02. The maximum Gasteiger partial charge on any atom is 0.184 e. The molecule has 0 saturated carbocycles. The van der Waals surface area contributed by atoms with Crippen LogP contribution in [-0.2, 0) is 0 Å². The summed E-state index contributed by atoms with van der Waals surface area (Å²) in [4.78, 5) is 7.94. The Labute approximate surface area is 386 Å². The molecule has 0 radical (unpaired) electrons. The average molecular weight is 852 g/mol. The number of para-hydroxylation sites is 4. The van der Waals surface area contributed by atoms with E-state index in [1.54, 1.807) is 6.07 Å². The zero-order chi connectivity index (χ0) is 44.6. The van der Waals surface area contributed by atoms with Gasteiger partial charge in [0.15, 0.2) is 11.4 Å². The molecule has 0 spiro atoms. The molecule has 5 heteroatoms. The van der Waals surface area contributed by atoms with Crippen LogP contribution >= 0.6 is 0 Å². The van der Waals surface area contributed by atoms with Gasteiger partial charge in [-0.1, -0.05) is 158 Å². The number of fused-ring (bicyclic) bond motifs is 10. The number of nitrogens with zero attached hydrogens (tertiary/aromatic N) is 5. The molecular formula is C62H37N5. The van der Waals surface area contributed by atoms with Crippen LogP contribution in [-0.4, -0.2) is 13.7 Å². The molecule has 0 bridgehead atoms. The summed E-state index contributed by atoms with van der Waals surface area (Å²) in [7, 11) is 0. The Morgan fingerprint density at radius 1 is 0.313 bits per heavy atom. The van der Waals surface area contributed by atoms with Crippen LogP contribution in [0.15, 0.2) is 224 Å². The zero-order valence-corrected chi connectivity index (χ0v) is 36.1. The summed E-state index contributed by atoms with van der Waals surface area (Å²) in [5.74, 6) is 0. The number of aromatic nitrogens is 3. The summed E-state index contributed by atoms with van der Waals surface area (Å²) in [5.41, 5.74) is 16.3. The van der Waals surface area contributed by atoms with Gasteiger partial charge in [0.1, 0.15) is 0 Å². The lowest BCUT2D eigenvalue weighted by Gasteiger charge is -2.22. The minimum Gasteiger partial charge on any atom is -0.309 e. The molecule has 0 N–H and O–H groups in total. The molecule has 310 valence electrons. The summed E-state index contributed by atoms with van der Waals surface area (Å²) < 4.78 is 7.30. The van der Waals surface area contributed by atoms with Crippen LogP contribution < -0.4 is 0 Å². The minimum atomic E-state index is 0.448. The fraction of sp³-hybridized carbons (Fsp3) is 0. The molecule has 0 saturated heterocycles. The van der Waals surface area contributed by atoms with Crippen molar-refractivity contribution in [3.05, 3.63) is 247 Å². The molecule has 67 heavy (non-hydrogen) atoms. The molecule has 0 atom stereocenters. The highest BCUT2D eigenvalue weighted by molar-refractivity contribution is 6.27. The van der Waals surface area contributed by atoms with Crippen LogP contribution in [0.1, 0.15) is 0 Å². The highest BCUT2D eigenvalue weighted by Gasteiger charge is 2.27. The van der Waals surface area contributed by atoms with Gasteiger partial charge >= 0.3 is 0 Å². The molecule has 0 aliphatic heterocycles. The minimum absolute atomic E-state index is 0.448. The predicted octanol–water partition coefficient (Wildman–Crippen LogP) is 17.1. The molecule has 13 aromatic rings. The van der Waals surface area contributed by atoms with Crippen molar-refractivity contribution < 1.29 is 0 Å². The molecule has 5 nitrogen and oxygen atoms in total. The monoisotopic (exact) mass is 851 g/mol. The Bertz CT molecular complexity index is 4070. The van der Waals surface area contributed by atoms with E-state index >= 15 is 0 Å². The van der Waals surface area contributed by atoms with Crippen LogP contribution in [0.25, 0.3) is 126 Å².